The van der Waals surface area contributed by atoms with Gasteiger partial charge in [0.15, 0.2) is 5.84 Å². The van der Waals surface area contributed by atoms with Crippen molar-refractivity contribution in [1.29, 1.82) is 0 Å². The molecule has 0 fully saturated rings. The van der Waals surface area contributed by atoms with Crippen molar-refractivity contribution in [1.82, 2.24) is 4.90 Å². The number of halogens is 1. The molecule has 150 valence electrons. The van der Waals surface area contributed by atoms with Crippen LogP contribution in [0.25, 0.3) is 11.1 Å². The number of carbonyl (C=O) groups excluding carboxylic acids is 1. The number of fused-ring (bicyclic) bond motifs is 2. The maximum absolute atomic E-state index is 13.0. The van der Waals surface area contributed by atoms with E-state index in [0.717, 1.165) is 31.7 Å². The highest BCUT2D eigenvalue weighted by molar-refractivity contribution is 14.1. The highest BCUT2D eigenvalue weighted by Gasteiger charge is 2.21. The predicted molar refractivity (Wildman–Crippen MR) is 133 cm³/mol. The van der Waals surface area contributed by atoms with E-state index in [9.17, 15) is 4.79 Å². The van der Waals surface area contributed by atoms with E-state index in [0.29, 0.717) is 17.9 Å². The lowest BCUT2D eigenvalue weighted by Crippen LogP contribution is -2.24. The minimum absolute atomic E-state index is 0.299. The third-order valence-electron chi connectivity index (χ3n) is 5.23. The van der Waals surface area contributed by atoms with Crippen molar-refractivity contribution in [2.45, 2.75) is 6.54 Å². The molecule has 2 heterocycles. The molecule has 2 aliphatic rings. The lowest BCUT2D eigenvalue weighted by atomic mass is 10.0. The molecule has 5 rings (SSSR count). The largest absolute Gasteiger partial charge is 0.327 e. The summed E-state index contributed by atoms with van der Waals surface area (Å²) < 4.78 is 1.13. The van der Waals surface area contributed by atoms with Gasteiger partial charge in [-0.25, -0.2) is 4.99 Å². The number of hydrogen-bond donors (Lipinski definition) is 0. The number of amidine groups is 2. The van der Waals surface area contributed by atoms with Crippen molar-refractivity contribution in [3.05, 3.63) is 117 Å². The molecule has 4 nitrogen and oxygen atoms in total. The van der Waals surface area contributed by atoms with Crippen LogP contribution >= 0.6 is 22.6 Å². The fourth-order valence-electron chi connectivity index (χ4n) is 3.65. The molecular formula is C26H18IN3O. The average molecular weight is 515 g/mol. The summed E-state index contributed by atoms with van der Waals surface area (Å²) in [6.45, 7) is 0.685. The third-order valence-corrected chi connectivity index (χ3v) is 5.87. The summed E-state index contributed by atoms with van der Waals surface area (Å²) in [5.74, 6) is 0.926. The number of rotatable bonds is 2. The summed E-state index contributed by atoms with van der Waals surface area (Å²) in [6, 6.07) is 25.6. The number of benzene rings is 3. The Morgan fingerprint density at radius 1 is 0.871 bits per heavy atom. The summed E-state index contributed by atoms with van der Waals surface area (Å²) in [5.41, 5.74) is 4.69. The Labute approximate surface area is 194 Å². The van der Waals surface area contributed by atoms with Crippen LogP contribution in [-0.4, -0.2) is 22.5 Å². The normalized spacial score (nSPS) is 16.2. The van der Waals surface area contributed by atoms with Gasteiger partial charge in [0.25, 0.3) is 5.91 Å². The van der Waals surface area contributed by atoms with Crippen LogP contribution in [0.4, 0.5) is 0 Å². The Morgan fingerprint density at radius 2 is 1.58 bits per heavy atom. The first-order valence-electron chi connectivity index (χ1n) is 9.95. The Morgan fingerprint density at radius 3 is 2.39 bits per heavy atom. The minimum Gasteiger partial charge on any atom is -0.327 e. The summed E-state index contributed by atoms with van der Waals surface area (Å²) in [4.78, 5) is 24.2. The molecule has 0 aromatic heterocycles. The van der Waals surface area contributed by atoms with E-state index in [1.54, 1.807) is 0 Å². The van der Waals surface area contributed by atoms with Crippen LogP contribution in [0.1, 0.15) is 21.5 Å². The average Bonchev–Trinajstić information content (AvgIpc) is 2.96. The lowest BCUT2D eigenvalue weighted by Gasteiger charge is -2.21. The van der Waals surface area contributed by atoms with Crippen LogP contribution in [0, 0.1) is 0 Å². The molecule has 0 N–H and O–H groups in total. The summed E-state index contributed by atoms with van der Waals surface area (Å²) in [7, 11) is 0. The highest BCUT2D eigenvalue weighted by atomic mass is 127. The Bertz CT molecular complexity index is 1270. The Hall–Kier alpha value is -3.32. The molecule has 0 aliphatic carbocycles. The molecule has 3 aromatic carbocycles. The maximum atomic E-state index is 13.0. The fourth-order valence-corrected chi connectivity index (χ4v) is 4.16. The molecule has 0 radical (unpaired) electrons. The molecule has 31 heavy (non-hydrogen) atoms. The van der Waals surface area contributed by atoms with Gasteiger partial charge in [0, 0.05) is 27.5 Å². The van der Waals surface area contributed by atoms with Gasteiger partial charge in [-0.15, -0.1) is 0 Å². The van der Waals surface area contributed by atoms with Crippen molar-refractivity contribution in [2.24, 2.45) is 9.98 Å². The topological polar surface area (TPSA) is 45.0 Å². The Kier molecular flexibility index (Phi) is 5.34. The zero-order valence-electron chi connectivity index (χ0n) is 16.6. The van der Waals surface area contributed by atoms with Crippen LogP contribution in [0.2, 0.25) is 0 Å². The highest BCUT2D eigenvalue weighted by Crippen LogP contribution is 2.24. The van der Waals surface area contributed by atoms with Crippen LogP contribution in [-0.2, 0) is 6.54 Å². The van der Waals surface area contributed by atoms with Crippen molar-refractivity contribution in [3.8, 4) is 11.1 Å². The molecule has 0 spiro atoms. The second-order valence-electron chi connectivity index (χ2n) is 7.29. The smallest absolute Gasteiger partial charge is 0.279 e. The van der Waals surface area contributed by atoms with E-state index in [1.807, 2.05) is 72.8 Å². The number of nitrogens with zero attached hydrogens (tertiary/aromatic N) is 3. The van der Waals surface area contributed by atoms with E-state index < -0.39 is 0 Å². The standard InChI is InChI=1S/C26H18IN3O/c27-22-14-15-24-28-25(23-9-5-4-8-21(23)16-30(24)17-22)29-26(31)20-12-10-19(11-13-20)18-6-2-1-3-7-18/h1-15,17H,16H2. The molecule has 0 unspecified atom stereocenters. The first kappa shape index (κ1) is 19.6. The SMILES string of the molecule is O=C(N=C1N=C2C=CC(I)=CN2Cc2ccccc21)c1ccc(-c2ccccc2)cc1. The second-order valence-corrected chi connectivity index (χ2v) is 8.53. The molecule has 0 saturated carbocycles. The zero-order chi connectivity index (χ0) is 21.2. The molecule has 3 aromatic rings. The van der Waals surface area contributed by atoms with E-state index in [-0.39, 0.29) is 5.91 Å². The number of allylic oxidation sites excluding steroid dienone is 2. The summed E-state index contributed by atoms with van der Waals surface area (Å²) in [5, 5.41) is 0. The van der Waals surface area contributed by atoms with Gasteiger partial charge >= 0.3 is 0 Å². The maximum Gasteiger partial charge on any atom is 0.279 e. The van der Waals surface area contributed by atoms with E-state index in [4.69, 9.17) is 4.99 Å². The summed E-state index contributed by atoms with van der Waals surface area (Å²) in [6.07, 6.45) is 6.03. The number of aliphatic imine (C=N–C) groups is 2. The van der Waals surface area contributed by atoms with Gasteiger partial charge in [0.05, 0.1) is 0 Å². The van der Waals surface area contributed by atoms with E-state index >= 15 is 0 Å². The van der Waals surface area contributed by atoms with Crippen molar-refractivity contribution < 1.29 is 4.79 Å². The van der Waals surface area contributed by atoms with Gasteiger partial charge in [-0.3, -0.25) is 4.79 Å². The zero-order valence-corrected chi connectivity index (χ0v) is 18.7. The van der Waals surface area contributed by atoms with Crippen molar-refractivity contribution in [3.63, 3.8) is 0 Å². The third kappa shape index (κ3) is 4.14. The predicted octanol–water partition coefficient (Wildman–Crippen LogP) is 6.00. The van der Waals surface area contributed by atoms with Crippen molar-refractivity contribution in [2.75, 3.05) is 0 Å². The van der Waals surface area contributed by atoms with Gasteiger partial charge in [0.2, 0.25) is 0 Å². The quantitative estimate of drug-likeness (QED) is 0.393. The molecule has 1 amide bonds. The van der Waals surface area contributed by atoms with Crippen molar-refractivity contribution >= 4 is 40.2 Å². The molecule has 5 heteroatoms. The number of amides is 1. The molecule has 0 bridgehead atoms. The Balaban J connectivity index is 1.51. The van der Waals surface area contributed by atoms with E-state index in [2.05, 4.69) is 56.9 Å². The van der Waals surface area contributed by atoms with Crippen LogP contribution in [0.3, 0.4) is 0 Å². The van der Waals surface area contributed by atoms with Gasteiger partial charge in [-0.2, -0.15) is 4.99 Å². The van der Waals surface area contributed by atoms with Crippen LogP contribution in [0.15, 0.2) is 111 Å². The lowest BCUT2D eigenvalue weighted by molar-refractivity contribution is 0.100. The number of carbonyl (C=O) groups is 1. The fraction of sp³-hybridized carbons (Fsp3) is 0.0385. The molecule has 0 saturated heterocycles. The van der Waals surface area contributed by atoms with Crippen LogP contribution < -0.4 is 0 Å². The molecular weight excluding hydrogens is 497 g/mol. The molecule has 0 atom stereocenters. The first-order chi connectivity index (χ1) is 15.2. The monoisotopic (exact) mass is 515 g/mol. The first-order valence-corrected chi connectivity index (χ1v) is 11.0. The van der Waals surface area contributed by atoms with Gasteiger partial charge < -0.3 is 4.90 Å². The van der Waals surface area contributed by atoms with Crippen LogP contribution in [0.5, 0.6) is 0 Å². The van der Waals surface area contributed by atoms with E-state index in [1.165, 1.54) is 0 Å². The van der Waals surface area contributed by atoms with Gasteiger partial charge in [0.1, 0.15) is 5.84 Å². The van der Waals surface area contributed by atoms with Gasteiger partial charge in [-0.1, -0.05) is 66.7 Å². The minimum atomic E-state index is -0.299. The summed E-state index contributed by atoms with van der Waals surface area (Å²) >= 11 is 2.29. The second kappa shape index (κ2) is 8.43. The number of hydrogen-bond acceptors (Lipinski definition) is 2. The van der Waals surface area contributed by atoms with Gasteiger partial charge in [-0.05, 0) is 63.6 Å². The molecule has 2 aliphatic heterocycles.